The highest BCUT2D eigenvalue weighted by atomic mass is 16.4. The van der Waals surface area contributed by atoms with Crippen LogP contribution in [0.15, 0.2) is 53.3 Å². The van der Waals surface area contributed by atoms with Crippen molar-refractivity contribution in [2.24, 2.45) is 0 Å². The normalized spacial score (nSPS) is 12.4. The smallest absolute Gasteiger partial charge is 0.310 e. The molecule has 0 aliphatic heterocycles. The summed E-state index contributed by atoms with van der Waals surface area (Å²) >= 11 is 0. The Morgan fingerprint density at radius 1 is 1.29 bits per heavy atom. The van der Waals surface area contributed by atoms with E-state index in [0.717, 1.165) is 22.2 Å². The molecule has 1 unspecified atom stereocenters. The van der Waals surface area contributed by atoms with E-state index in [-0.39, 0.29) is 0 Å². The minimum atomic E-state index is -0.825. The highest BCUT2D eigenvalue weighted by molar-refractivity contribution is 5.87. The summed E-state index contributed by atoms with van der Waals surface area (Å²) in [4.78, 5) is 15.7. The van der Waals surface area contributed by atoms with Crippen molar-refractivity contribution >= 4 is 17.1 Å². The van der Waals surface area contributed by atoms with Gasteiger partial charge in [0.25, 0.3) is 0 Å². The van der Waals surface area contributed by atoms with Crippen molar-refractivity contribution in [1.82, 2.24) is 4.98 Å². The molecular formula is C17H15NO3. The van der Waals surface area contributed by atoms with Gasteiger partial charge in [-0.2, -0.15) is 0 Å². The van der Waals surface area contributed by atoms with Crippen molar-refractivity contribution in [3.8, 4) is 11.1 Å². The Bertz CT molecular complexity index is 777. The summed E-state index contributed by atoms with van der Waals surface area (Å²) in [6.45, 7) is 1.87. The third-order valence-corrected chi connectivity index (χ3v) is 3.67. The quantitative estimate of drug-likeness (QED) is 0.782. The molecule has 4 nitrogen and oxygen atoms in total. The van der Waals surface area contributed by atoms with Crippen LogP contribution in [0, 0.1) is 0 Å². The monoisotopic (exact) mass is 281 g/mol. The standard InChI is InChI=1S/C17H15NO3/c1-2-12(17(19)20)14-9-16-15(18-10-21-16)8-13(14)11-6-4-3-5-7-11/h3-10,12H,2H2,1H3,(H,19,20). The van der Waals surface area contributed by atoms with E-state index in [4.69, 9.17) is 4.42 Å². The van der Waals surface area contributed by atoms with Gasteiger partial charge in [-0.15, -0.1) is 0 Å². The lowest BCUT2D eigenvalue weighted by atomic mass is 9.88. The molecule has 21 heavy (non-hydrogen) atoms. The van der Waals surface area contributed by atoms with Gasteiger partial charge in [0.1, 0.15) is 5.52 Å². The van der Waals surface area contributed by atoms with Gasteiger partial charge in [-0.3, -0.25) is 4.79 Å². The fraction of sp³-hybridized carbons (Fsp3) is 0.176. The van der Waals surface area contributed by atoms with Crippen LogP contribution in [0.2, 0.25) is 0 Å². The topological polar surface area (TPSA) is 63.3 Å². The van der Waals surface area contributed by atoms with Crippen LogP contribution in [0.4, 0.5) is 0 Å². The molecule has 0 spiro atoms. The lowest BCUT2D eigenvalue weighted by molar-refractivity contribution is -0.138. The zero-order valence-corrected chi connectivity index (χ0v) is 11.6. The van der Waals surface area contributed by atoms with Crippen LogP contribution in [-0.2, 0) is 4.79 Å². The summed E-state index contributed by atoms with van der Waals surface area (Å²) in [5, 5.41) is 9.47. The molecule has 0 amide bonds. The number of carboxylic acids is 1. The predicted octanol–water partition coefficient (Wildman–Crippen LogP) is 4.07. The molecule has 0 fully saturated rings. The van der Waals surface area contributed by atoms with Gasteiger partial charge in [0.05, 0.1) is 5.92 Å². The molecule has 0 saturated carbocycles. The molecular weight excluding hydrogens is 266 g/mol. The molecule has 1 atom stereocenters. The molecule has 3 aromatic rings. The number of rotatable bonds is 4. The molecule has 1 aromatic heterocycles. The highest BCUT2D eigenvalue weighted by Crippen LogP contribution is 2.34. The lowest BCUT2D eigenvalue weighted by Crippen LogP contribution is -2.11. The van der Waals surface area contributed by atoms with Gasteiger partial charge in [0.2, 0.25) is 0 Å². The van der Waals surface area contributed by atoms with E-state index < -0.39 is 11.9 Å². The van der Waals surface area contributed by atoms with E-state index in [9.17, 15) is 9.90 Å². The van der Waals surface area contributed by atoms with E-state index in [2.05, 4.69) is 4.98 Å². The number of carbonyl (C=O) groups is 1. The zero-order valence-electron chi connectivity index (χ0n) is 11.6. The SMILES string of the molecule is CCC(C(=O)O)c1cc2ocnc2cc1-c1ccccc1. The second kappa shape index (κ2) is 5.40. The Hall–Kier alpha value is -2.62. The number of hydrogen-bond donors (Lipinski definition) is 1. The third kappa shape index (κ3) is 2.40. The van der Waals surface area contributed by atoms with Crippen molar-refractivity contribution < 1.29 is 14.3 Å². The van der Waals surface area contributed by atoms with Gasteiger partial charge in [-0.1, -0.05) is 37.3 Å². The van der Waals surface area contributed by atoms with Crippen LogP contribution in [-0.4, -0.2) is 16.1 Å². The summed E-state index contributed by atoms with van der Waals surface area (Å²) in [7, 11) is 0. The van der Waals surface area contributed by atoms with E-state index >= 15 is 0 Å². The van der Waals surface area contributed by atoms with Crippen LogP contribution >= 0.6 is 0 Å². The summed E-state index contributed by atoms with van der Waals surface area (Å²) in [6, 6.07) is 13.5. The van der Waals surface area contributed by atoms with E-state index in [1.165, 1.54) is 6.39 Å². The Morgan fingerprint density at radius 2 is 2.05 bits per heavy atom. The fourth-order valence-electron chi connectivity index (χ4n) is 2.60. The molecule has 1 heterocycles. The molecule has 0 saturated heterocycles. The van der Waals surface area contributed by atoms with Gasteiger partial charge in [-0.05, 0) is 35.2 Å². The number of benzene rings is 2. The van der Waals surface area contributed by atoms with E-state index in [1.807, 2.05) is 43.3 Å². The lowest BCUT2D eigenvalue weighted by Gasteiger charge is -2.15. The van der Waals surface area contributed by atoms with Crippen molar-refractivity contribution in [1.29, 1.82) is 0 Å². The van der Waals surface area contributed by atoms with Crippen molar-refractivity contribution in [3.63, 3.8) is 0 Å². The summed E-state index contributed by atoms with van der Waals surface area (Å²) in [5.74, 6) is -1.39. The number of hydrogen-bond acceptors (Lipinski definition) is 3. The van der Waals surface area contributed by atoms with Gasteiger partial charge < -0.3 is 9.52 Å². The maximum atomic E-state index is 11.5. The number of carboxylic acid groups (broad SMARTS) is 1. The molecule has 0 radical (unpaired) electrons. The van der Waals surface area contributed by atoms with Crippen LogP contribution in [0.25, 0.3) is 22.2 Å². The molecule has 3 rings (SSSR count). The molecule has 106 valence electrons. The van der Waals surface area contributed by atoms with E-state index in [1.54, 1.807) is 6.07 Å². The van der Waals surface area contributed by atoms with Gasteiger partial charge in [0.15, 0.2) is 12.0 Å². The molecule has 2 aromatic carbocycles. The first-order chi connectivity index (χ1) is 10.2. The number of oxazole rings is 1. The summed E-state index contributed by atoms with van der Waals surface area (Å²) in [6.07, 6.45) is 1.90. The fourth-order valence-corrected chi connectivity index (χ4v) is 2.60. The van der Waals surface area contributed by atoms with Crippen LogP contribution in [0.1, 0.15) is 24.8 Å². The van der Waals surface area contributed by atoms with Crippen LogP contribution in [0.5, 0.6) is 0 Å². The summed E-state index contributed by atoms with van der Waals surface area (Å²) in [5.41, 5.74) is 3.99. The minimum absolute atomic E-state index is 0.523. The first kappa shape index (κ1) is 13.4. The summed E-state index contributed by atoms with van der Waals surface area (Å²) < 4.78 is 5.32. The van der Waals surface area contributed by atoms with Crippen molar-refractivity contribution in [3.05, 3.63) is 54.4 Å². The molecule has 0 aliphatic carbocycles. The van der Waals surface area contributed by atoms with Gasteiger partial charge in [-0.25, -0.2) is 4.98 Å². The predicted molar refractivity (Wildman–Crippen MR) is 80.1 cm³/mol. The van der Waals surface area contributed by atoms with Gasteiger partial charge >= 0.3 is 5.97 Å². The number of fused-ring (bicyclic) bond motifs is 1. The second-order valence-electron chi connectivity index (χ2n) is 4.92. The number of aliphatic carboxylic acids is 1. The average Bonchev–Trinajstić information content (AvgIpc) is 2.95. The molecule has 0 aliphatic rings. The Balaban J connectivity index is 2.27. The molecule has 4 heteroatoms. The first-order valence-corrected chi connectivity index (χ1v) is 6.86. The first-order valence-electron chi connectivity index (χ1n) is 6.86. The minimum Gasteiger partial charge on any atom is -0.481 e. The second-order valence-corrected chi connectivity index (χ2v) is 4.92. The Morgan fingerprint density at radius 3 is 2.71 bits per heavy atom. The number of aromatic nitrogens is 1. The van der Waals surface area contributed by atoms with Crippen molar-refractivity contribution in [2.45, 2.75) is 19.3 Å². The maximum Gasteiger partial charge on any atom is 0.310 e. The van der Waals surface area contributed by atoms with Gasteiger partial charge in [0, 0.05) is 0 Å². The largest absolute Gasteiger partial charge is 0.481 e. The third-order valence-electron chi connectivity index (χ3n) is 3.67. The van der Waals surface area contributed by atoms with Crippen molar-refractivity contribution in [2.75, 3.05) is 0 Å². The van der Waals surface area contributed by atoms with Crippen LogP contribution < -0.4 is 0 Å². The van der Waals surface area contributed by atoms with Crippen LogP contribution in [0.3, 0.4) is 0 Å². The average molecular weight is 281 g/mol. The number of nitrogens with zero attached hydrogens (tertiary/aromatic N) is 1. The van der Waals surface area contributed by atoms with E-state index in [0.29, 0.717) is 12.0 Å². The zero-order chi connectivity index (χ0) is 14.8. The molecule has 1 N–H and O–H groups in total. The highest BCUT2D eigenvalue weighted by Gasteiger charge is 2.23. The Kier molecular flexibility index (Phi) is 3.44. The molecule has 0 bridgehead atoms. The maximum absolute atomic E-state index is 11.5. The Labute approximate surface area is 122 Å².